The molecule has 0 aliphatic heterocycles. The van der Waals surface area contributed by atoms with E-state index in [1.807, 2.05) is 30.9 Å². The summed E-state index contributed by atoms with van der Waals surface area (Å²) >= 11 is 0. The van der Waals surface area contributed by atoms with Gasteiger partial charge < -0.3 is 4.57 Å². The van der Waals surface area contributed by atoms with Crippen LogP contribution in [0.5, 0.6) is 0 Å². The lowest BCUT2D eigenvalue weighted by molar-refractivity contribution is 1.18. The highest BCUT2D eigenvalue weighted by Crippen LogP contribution is 2.48. The molecule has 0 saturated carbocycles. The van der Waals surface area contributed by atoms with Gasteiger partial charge in [-0.1, -0.05) is 60.7 Å². The Labute approximate surface area is 234 Å². The second-order valence-corrected chi connectivity index (χ2v) is 10.9. The van der Waals surface area contributed by atoms with Crippen molar-refractivity contribution in [3.63, 3.8) is 0 Å². The zero-order valence-corrected chi connectivity index (χ0v) is 21.9. The number of aromatic nitrogens is 5. The molecule has 0 radical (unpaired) electrons. The minimum absolute atomic E-state index is 0.878. The molecule has 0 bridgehead atoms. The fraction of sp³-hybridized carbons (Fsp3) is 0.0278. The fourth-order valence-electron chi connectivity index (χ4n) is 7.25. The standard InChI is InChI=1S/C36H21N5/c1-2-7-23(8-3-1)40-30-13-12-26-25-14-16-38-20-31(25)41-29-15-17-37-19-28(29)39-36(41)34(26)33(30)27-11-10-22-18-21-6-4-5-9-24(21)32(22)35(27)40/h1-17,19-20H,18H2. The number of benzene rings is 4. The Morgan fingerprint density at radius 2 is 1.41 bits per heavy atom. The summed E-state index contributed by atoms with van der Waals surface area (Å²) < 4.78 is 4.72. The van der Waals surface area contributed by atoms with Gasteiger partial charge in [-0.2, -0.15) is 0 Å². The van der Waals surface area contributed by atoms with Crippen molar-refractivity contribution in [2.75, 3.05) is 0 Å². The lowest BCUT2D eigenvalue weighted by atomic mass is 9.98. The molecule has 5 aromatic heterocycles. The molecule has 5 nitrogen and oxygen atoms in total. The average molecular weight is 524 g/mol. The molecule has 10 rings (SSSR count). The molecule has 0 amide bonds. The molecule has 0 spiro atoms. The van der Waals surface area contributed by atoms with Crippen molar-refractivity contribution in [1.29, 1.82) is 0 Å². The van der Waals surface area contributed by atoms with Crippen LogP contribution in [0.15, 0.2) is 116 Å². The van der Waals surface area contributed by atoms with Crippen LogP contribution < -0.4 is 0 Å². The first-order chi connectivity index (χ1) is 20.4. The Bertz CT molecular complexity index is 2550. The predicted molar refractivity (Wildman–Crippen MR) is 166 cm³/mol. The summed E-state index contributed by atoms with van der Waals surface area (Å²) in [6.07, 6.45) is 8.48. The Kier molecular flexibility index (Phi) is 3.92. The van der Waals surface area contributed by atoms with E-state index in [4.69, 9.17) is 4.98 Å². The van der Waals surface area contributed by atoms with Gasteiger partial charge in [0.1, 0.15) is 11.2 Å². The van der Waals surface area contributed by atoms with E-state index in [2.05, 4.69) is 104 Å². The van der Waals surface area contributed by atoms with Gasteiger partial charge in [0.25, 0.3) is 0 Å². The van der Waals surface area contributed by atoms with Gasteiger partial charge in [-0.25, -0.2) is 4.98 Å². The van der Waals surface area contributed by atoms with Crippen molar-refractivity contribution < 1.29 is 0 Å². The molecular weight excluding hydrogens is 502 g/mol. The molecule has 0 N–H and O–H groups in total. The van der Waals surface area contributed by atoms with Crippen LogP contribution in [0, 0.1) is 0 Å². The van der Waals surface area contributed by atoms with E-state index in [1.165, 1.54) is 49.4 Å². The van der Waals surface area contributed by atoms with Gasteiger partial charge in [0.2, 0.25) is 0 Å². The highest BCUT2D eigenvalue weighted by Gasteiger charge is 2.27. The minimum atomic E-state index is 0.878. The van der Waals surface area contributed by atoms with E-state index < -0.39 is 0 Å². The SMILES string of the molecule is c1ccc(-n2c3ccc4c5ccncc5n5c6ccncc6nc5c4c3c3ccc4c(c32)-c2ccccc2C4)cc1. The van der Waals surface area contributed by atoms with Gasteiger partial charge >= 0.3 is 0 Å². The molecular formula is C36H21N5. The van der Waals surface area contributed by atoms with E-state index in [0.717, 1.165) is 45.1 Å². The number of para-hydroxylation sites is 1. The second kappa shape index (κ2) is 7.55. The lowest BCUT2D eigenvalue weighted by Gasteiger charge is -2.12. The van der Waals surface area contributed by atoms with Crippen molar-refractivity contribution in [3.8, 4) is 16.8 Å². The van der Waals surface area contributed by atoms with Crippen molar-refractivity contribution in [3.05, 3.63) is 127 Å². The van der Waals surface area contributed by atoms with Crippen molar-refractivity contribution in [1.82, 2.24) is 23.9 Å². The van der Waals surface area contributed by atoms with Gasteiger partial charge in [-0.3, -0.25) is 14.4 Å². The fourth-order valence-corrected chi connectivity index (χ4v) is 7.25. The average Bonchev–Trinajstić information content (AvgIpc) is 3.71. The lowest BCUT2D eigenvalue weighted by Crippen LogP contribution is -1.96. The highest BCUT2D eigenvalue weighted by molar-refractivity contribution is 6.30. The number of pyridine rings is 3. The smallest absolute Gasteiger partial charge is 0.147 e. The Morgan fingerprint density at radius 1 is 0.585 bits per heavy atom. The van der Waals surface area contributed by atoms with Crippen LogP contribution in [0.2, 0.25) is 0 Å². The van der Waals surface area contributed by atoms with Crippen molar-refractivity contribution in [2.45, 2.75) is 6.42 Å². The van der Waals surface area contributed by atoms with Crippen molar-refractivity contribution in [2.24, 2.45) is 0 Å². The summed E-state index contributed by atoms with van der Waals surface area (Å²) in [6, 6.07) is 33.0. The monoisotopic (exact) mass is 523 g/mol. The van der Waals surface area contributed by atoms with Gasteiger partial charge in [0.15, 0.2) is 0 Å². The van der Waals surface area contributed by atoms with Gasteiger partial charge in [-0.15, -0.1) is 0 Å². The molecule has 1 aliphatic rings. The Morgan fingerprint density at radius 3 is 2.37 bits per heavy atom. The molecule has 190 valence electrons. The van der Waals surface area contributed by atoms with Crippen LogP contribution >= 0.6 is 0 Å². The predicted octanol–water partition coefficient (Wildman–Crippen LogP) is 8.25. The largest absolute Gasteiger partial charge is 0.309 e. The Balaban J connectivity index is 1.52. The quantitative estimate of drug-likeness (QED) is 0.204. The topological polar surface area (TPSA) is 48.0 Å². The van der Waals surface area contributed by atoms with Crippen LogP contribution in [-0.4, -0.2) is 23.9 Å². The van der Waals surface area contributed by atoms with Gasteiger partial charge in [0.05, 0.1) is 34.5 Å². The summed E-state index contributed by atoms with van der Waals surface area (Å²) in [4.78, 5) is 14.1. The molecule has 0 atom stereocenters. The molecule has 1 aliphatic carbocycles. The third kappa shape index (κ3) is 2.63. The zero-order chi connectivity index (χ0) is 26.7. The minimum Gasteiger partial charge on any atom is -0.309 e. The van der Waals surface area contributed by atoms with Crippen LogP contribution in [0.3, 0.4) is 0 Å². The third-order valence-corrected chi connectivity index (χ3v) is 8.87. The first kappa shape index (κ1) is 21.3. The summed E-state index contributed by atoms with van der Waals surface area (Å²) in [5.41, 5.74) is 12.9. The third-order valence-electron chi connectivity index (χ3n) is 8.87. The van der Waals surface area contributed by atoms with Crippen LogP contribution in [0.25, 0.3) is 77.0 Å². The number of imidazole rings is 1. The number of hydrogen-bond donors (Lipinski definition) is 0. The Hall–Kier alpha value is -5.55. The maximum absolute atomic E-state index is 5.20. The molecule has 41 heavy (non-hydrogen) atoms. The summed E-state index contributed by atoms with van der Waals surface area (Å²) in [5.74, 6) is 0. The molecule has 0 unspecified atom stereocenters. The van der Waals surface area contributed by atoms with Gasteiger partial charge in [-0.05, 0) is 58.8 Å². The van der Waals surface area contributed by atoms with E-state index >= 15 is 0 Å². The summed E-state index contributed by atoms with van der Waals surface area (Å²) in [6.45, 7) is 0. The van der Waals surface area contributed by atoms with E-state index in [1.54, 1.807) is 0 Å². The maximum Gasteiger partial charge on any atom is 0.147 e. The van der Waals surface area contributed by atoms with E-state index in [9.17, 15) is 0 Å². The van der Waals surface area contributed by atoms with E-state index in [-0.39, 0.29) is 0 Å². The molecule has 5 heterocycles. The number of nitrogens with zero attached hydrogens (tertiary/aromatic N) is 5. The molecule has 9 aromatic rings. The normalized spacial score (nSPS) is 12.8. The summed E-state index contributed by atoms with van der Waals surface area (Å²) in [7, 11) is 0. The summed E-state index contributed by atoms with van der Waals surface area (Å²) in [5, 5.41) is 5.96. The molecule has 0 saturated heterocycles. The van der Waals surface area contributed by atoms with Crippen LogP contribution in [-0.2, 0) is 6.42 Å². The zero-order valence-electron chi connectivity index (χ0n) is 21.9. The number of hydrogen-bond acceptors (Lipinski definition) is 3. The molecule has 4 aromatic carbocycles. The van der Waals surface area contributed by atoms with E-state index in [0.29, 0.717) is 0 Å². The van der Waals surface area contributed by atoms with Crippen molar-refractivity contribution >= 4 is 60.2 Å². The molecule has 0 fully saturated rings. The molecule has 5 heteroatoms. The van der Waals surface area contributed by atoms with Crippen LogP contribution in [0.1, 0.15) is 11.1 Å². The van der Waals surface area contributed by atoms with Crippen LogP contribution in [0.4, 0.5) is 0 Å². The number of fused-ring (bicyclic) bond motifs is 16. The maximum atomic E-state index is 5.20. The highest BCUT2D eigenvalue weighted by atomic mass is 15.0. The second-order valence-electron chi connectivity index (χ2n) is 10.9. The first-order valence-electron chi connectivity index (χ1n) is 13.9. The van der Waals surface area contributed by atoms with Gasteiger partial charge in [0, 0.05) is 45.2 Å². The first-order valence-corrected chi connectivity index (χ1v) is 13.9. The number of rotatable bonds is 1.